The summed E-state index contributed by atoms with van der Waals surface area (Å²) in [6.07, 6.45) is 8.95. The lowest BCUT2D eigenvalue weighted by Crippen LogP contribution is -2.15. The molecule has 0 aliphatic carbocycles. The van der Waals surface area contributed by atoms with Gasteiger partial charge in [-0.05, 0) is 50.5 Å². The highest BCUT2D eigenvalue weighted by Gasteiger charge is 2.13. The number of unbranched alkanes of at least 4 members (excludes halogenated alkanes) is 5. The summed E-state index contributed by atoms with van der Waals surface area (Å²) in [4.78, 5) is 23.9. The summed E-state index contributed by atoms with van der Waals surface area (Å²) < 4.78 is 10.5. The number of ether oxygens (including phenoxy) is 2. The van der Waals surface area contributed by atoms with E-state index in [2.05, 4.69) is 6.92 Å². The van der Waals surface area contributed by atoms with Crippen molar-refractivity contribution in [3.63, 3.8) is 0 Å². The van der Waals surface area contributed by atoms with E-state index in [0.717, 1.165) is 19.3 Å². The van der Waals surface area contributed by atoms with Crippen LogP contribution in [0.15, 0.2) is 24.3 Å². The Morgan fingerprint density at radius 3 is 2.00 bits per heavy atom. The molecule has 0 bridgehead atoms. The minimum Gasteiger partial charge on any atom is -0.462 e. The van der Waals surface area contributed by atoms with Gasteiger partial charge in [-0.1, -0.05) is 46.0 Å². The maximum atomic E-state index is 12.1. The number of hydrogen-bond donors (Lipinski definition) is 0. The molecule has 0 saturated heterocycles. The molecule has 1 aromatic rings. The summed E-state index contributed by atoms with van der Waals surface area (Å²) >= 11 is 0. The minimum absolute atomic E-state index is 0.0899. The SMILES string of the molecule is CCCCCCCCC(C)OC(=O)c1ccc(C(=O)OCCC)cc1. The maximum Gasteiger partial charge on any atom is 0.338 e. The molecule has 140 valence electrons. The molecular formula is C21H32O4. The highest BCUT2D eigenvalue weighted by Crippen LogP contribution is 2.13. The zero-order chi connectivity index (χ0) is 18.5. The normalized spacial score (nSPS) is 11.8. The summed E-state index contributed by atoms with van der Waals surface area (Å²) in [5.74, 6) is -0.704. The molecule has 4 heteroatoms. The number of benzene rings is 1. The van der Waals surface area contributed by atoms with E-state index >= 15 is 0 Å². The molecule has 0 saturated carbocycles. The van der Waals surface area contributed by atoms with Crippen LogP contribution >= 0.6 is 0 Å². The zero-order valence-corrected chi connectivity index (χ0v) is 15.9. The number of rotatable bonds is 12. The third kappa shape index (κ3) is 8.71. The average Bonchev–Trinajstić information content (AvgIpc) is 2.62. The fourth-order valence-electron chi connectivity index (χ4n) is 2.54. The minimum atomic E-state index is -0.363. The second-order valence-electron chi connectivity index (χ2n) is 6.49. The van der Waals surface area contributed by atoms with Crippen LogP contribution in [0, 0.1) is 0 Å². The van der Waals surface area contributed by atoms with Crippen LogP contribution in [0.5, 0.6) is 0 Å². The quantitative estimate of drug-likeness (QED) is 0.367. The van der Waals surface area contributed by atoms with Crippen molar-refractivity contribution in [1.82, 2.24) is 0 Å². The van der Waals surface area contributed by atoms with Crippen LogP contribution < -0.4 is 0 Å². The molecule has 25 heavy (non-hydrogen) atoms. The third-order valence-corrected chi connectivity index (χ3v) is 4.07. The summed E-state index contributed by atoms with van der Waals surface area (Å²) in [5.41, 5.74) is 0.909. The smallest absolute Gasteiger partial charge is 0.338 e. The van der Waals surface area contributed by atoms with Crippen LogP contribution in [0.2, 0.25) is 0 Å². The largest absolute Gasteiger partial charge is 0.462 e. The molecule has 1 rings (SSSR count). The lowest BCUT2D eigenvalue weighted by Gasteiger charge is -2.13. The lowest BCUT2D eigenvalue weighted by atomic mass is 10.1. The highest BCUT2D eigenvalue weighted by atomic mass is 16.5. The van der Waals surface area contributed by atoms with Crippen molar-refractivity contribution < 1.29 is 19.1 Å². The standard InChI is InChI=1S/C21H32O4/c1-4-6-7-8-9-10-11-17(3)25-21(23)19-14-12-18(13-15-19)20(22)24-16-5-2/h12-15,17H,4-11,16H2,1-3H3. The number of esters is 2. The first-order valence-corrected chi connectivity index (χ1v) is 9.56. The number of carbonyl (C=O) groups excluding carboxylic acids is 2. The Balaban J connectivity index is 2.35. The van der Waals surface area contributed by atoms with Crippen LogP contribution in [-0.2, 0) is 9.47 Å². The maximum absolute atomic E-state index is 12.1. The van der Waals surface area contributed by atoms with E-state index in [9.17, 15) is 9.59 Å². The molecule has 0 aliphatic heterocycles. The highest BCUT2D eigenvalue weighted by molar-refractivity contribution is 5.93. The molecule has 4 nitrogen and oxygen atoms in total. The Bertz CT molecular complexity index is 507. The first kappa shape index (κ1) is 21.2. The first-order valence-electron chi connectivity index (χ1n) is 9.56. The van der Waals surface area contributed by atoms with Crippen molar-refractivity contribution in [3.05, 3.63) is 35.4 Å². The van der Waals surface area contributed by atoms with Gasteiger partial charge in [0.25, 0.3) is 0 Å². The van der Waals surface area contributed by atoms with Gasteiger partial charge < -0.3 is 9.47 Å². The van der Waals surface area contributed by atoms with E-state index in [0.29, 0.717) is 17.7 Å². The molecule has 0 spiro atoms. The topological polar surface area (TPSA) is 52.6 Å². The van der Waals surface area contributed by atoms with Gasteiger partial charge in [0.2, 0.25) is 0 Å². The van der Waals surface area contributed by atoms with Gasteiger partial charge in [-0.15, -0.1) is 0 Å². The molecule has 0 N–H and O–H groups in total. The van der Waals surface area contributed by atoms with Crippen LogP contribution in [0.4, 0.5) is 0 Å². The van der Waals surface area contributed by atoms with Gasteiger partial charge in [-0.25, -0.2) is 9.59 Å². The zero-order valence-electron chi connectivity index (χ0n) is 15.9. The number of carbonyl (C=O) groups is 2. The average molecular weight is 348 g/mol. The molecule has 0 heterocycles. The third-order valence-electron chi connectivity index (χ3n) is 4.07. The second-order valence-corrected chi connectivity index (χ2v) is 6.49. The van der Waals surface area contributed by atoms with Gasteiger partial charge in [-0.2, -0.15) is 0 Å². The fourth-order valence-corrected chi connectivity index (χ4v) is 2.54. The van der Waals surface area contributed by atoms with Crippen molar-refractivity contribution >= 4 is 11.9 Å². The predicted octanol–water partition coefficient (Wildman–Crippen LogP) is 5.55. The summed E-state index contributed by atoms with van der Waals surface area (Å²) in [5, 5.41) is 0. The van der Waals surface area contributed by atoms with Crippen LogP contribution in [-0.4, -0.2) is 24.6 Å². The van der Waals surface area contributed by atoms with Crippen molar-refractivity contribution in [2.45, 2.75) is 78.2 Å². The van der Waals surface area contributed by atoms with E-state index in [-0.39, 0.29) is 18.0 Å². The van der Waals surface area contributed by atoms with Gasteiger partial charge in [0.15, 0.2) is 0 Å². The van der Waals surface area contributed by atoms with E-state index in [1.54, 1.807) is 24.3 Å². The van der Waals surface area contributed by atoms with E-state index in [1.807, 2.05) is 13.8 Å². The molecule has 1 atom stereocenters. The Labute approximate surface area is 151 Å². The van der Waals surface area contributed by atoms with Crippen LogP contribution in [0.3, 0.4) is 0 Å². The second kappa shape index (κ2) is 12.5. The lowest BCUT2D eigenvalue weighted by molar-refractivity contribution is 0.0318. The molecule has 0 amide bonds. The Morgan fingerprint density at radius 1 is 0.840 bits per heavy atom. The molecular weight excluding hydrogens is 316 g/mol. The number of hydrogen-bond acceptors (Lipinski definition) is 4. The molecule has 1 aromatic carbocycles. The summed E-state index contributed by atoms with van der Waals surface area (Å²) in [6.45, 7) is 6.49. The van der Waals surface area contributed by atoms with E-state index in [4.69, 9.17) is 9.47 Å². The van der Waals surface area contributed by atoms with Gasteiger partial charge >= 0.3 is 11.9 Å². The molecule has 1 unspecified atom stereocenters. The van der Waals surface area contributed by atoms with Crippen molar-refractivity contribution in [1.29, 1.82) is 0 Å². The fraction of sp³-hybridized carbons (Fsp3) is 0.619. The molecule has 0 aliphatic rings. The van der Waals surface area contributed by atoms with E-state index in [1.165, 1.54) is 32.1 Å². The van der Waals surface area contributed by atoms with Crippen molar-refractivity contribution in [3.8, 4) is 0 Å². The predicted molar refractivity (Wildman–Crippen MR) is 99.9 cm³/mol. The Hall–Kier alpha value is -1.84. The molecule has 0 fully saturated rings. The van der Waals surface area contributed by atoms with Crippen molar-refractivity contribution in [2.24, 2.45) is 0 Å². The van der Waals surface area contributed by atoms with Gasteiger partial charge in [0, 0.05) is 0 Å². The van der Waals surface area contributed by atoms with Crippen LogP contribution in [0.25, 0.3) is 0 Å². The van der Waals surface area contributed by atoms with Gasteiger partial charge in [0.05, 0.1) is 23.8 Å². The molecule has 0 aromatic heterocycles. The van der Waals surface area contributed by atoms with Crippen LogP contribution in [0.1, 0.15) is 92.9 Å². The summed E-state index contributed by atoms with van der Waals surface area (Å²) in [6, 6.07) is 6.44. The molecule has 0 radical (unpaired) electrons. The Morgan fingerprint density at radius 2 is 1.40 bits per heavy atom. The monoisotopic (exact) mass is 348 g/mol. The van der Waals surface area contributed by atoms with Gasteiger partial charge in [-0.3, -0.25) is 0 Å². The van der Waals surface area contributed by atoms with Crippen molar-refractivity contribution in [2.75, 3.05) is 6.61 Å². The van der Waals surface area contributed by atoms with E-state index < -0.39 is 0 Å². The Kier molecular flexibility index (Phi) is 10.6. The summed E-state index contributed by atoms with van der Waals surface area (Å²) in [7, 11) is 0. The first-order chi connectivity index (χ1) is 12.1. The van der Waals surface area contributed by atoms with Gasteiger partial charge in [0.1, 0.15) is 0 Å².